The molecule has 0 spiro atoms. The Morgan fingerprint density at radius 2 is 1.86 bits per heavy atom. The summed E-state index contributed by atoms with van der Waals surface area (Å²) in [5.41, 5.74) is 6.04. The van der Waals surface area contributed by atoms with Gasteiger partial charge in [-0.1, -0.05) is 23.2 Å². The highest BCUT2D eigenvalue weighted by Crippen LogP contribution is 2.32. The molecular weight excluding hydrogens is 330 g/mol. The molecule has 0 unspecified atom stereocenters. The maximum absolute atomic E-state index is 12.1. The Hall–Kier alpha value is -1.18. The molecule has 0 aliphatic heterocycles. The van der Waals surface area contributed by atoms with Gasteiger partial charge in [-0.15, -0.1) is 0 Å². The number of anilines is 2. The fourth-order valence-electron chi connectivity index (χ4n) is 1.53. The van der Waals surface area contributed by atoms with Crippen molar-refractivity contribution < 1.29 is 18.0 Å². The molecule has 118 valence electrons. The van der Waals surface area contributed by atoms with Crippen molar-refractivity contribution in [1.82, 2.24) is 4.90 Å². The number of hydrogen-bond donors (Lipinski definition) is 2. The third kappa shape index (κ3) is 6.41. The first-order chi connectivity index (χ1) is 9.58. The second-order valence-electron chi connectivity index (χ2n) is 4.51. The topological polar surface area (TPSA) is 58.4 Å². The number of nitrogen functional groups attached to an aromatic ring is 1. The fraction of sp³-hybridized carbons (Fsp3) is 0.417. The Bertz CT molecular complexity index is 500. The summed E-state index contributed by atoms with van der Waals surface area (Å²) in [7, 11) is 1.41. The summed E-state index contributed by atoms with van der Waals surface area (Å²) in [5.74, 6) is -0.520. The van der Waals surface area contributed by atoms with Gasteiger partial charge in [0.05, 0.1) is 28.7 Å². The van der Waals surface area contributed by atoms with E-state index in [0.717, 1.165) is 0 Å². The van der Waals surface area contributed by atoms with Crippen molar-refractivity contribution in [3.63, 3.8) is 0 Å². The molecule has 21 heavy (non-hydrogen) atoms. The van der Waals surface area contributed by atoms with Gasteiger partial charge in [0.25, 0.3) is 0 Å². The van der Waals surface area contributed by atoms with Gasteiger partial charge in [-0.05, 0) is 19.2 Å². The lowest BCUT2D eigenvalue weighted by atomic mass is 10.2. The van der Waals surface area contributed by atoms with Gasteiger partial charge >= 0.3 is 6.18 Å². The number of nitrogens with zero attached hydrogens (tertiary/aromatic N) is 1. The number of nitrogens with one attached hydrogen (secondary N) is 1. The van der Waals surface area contributed by atoms with E-state index in [0.29, 0.717) is 5.69 Å². The number of likely N-dealkylation sites (N-methyl/N-ethyl adjacent to an activating group) is 1. The molecule has 0 aliphatic carbocycles. The summed E-state index contributed by atoms with van der Waals surface area (Å²) in [6, 6.07) is 2.83. The van der Waals surface area contributed by atoms with Gasteiger partial charge in [0.1, 0.15) is 0 Å². The number of rotatable bonds is 5. The molecular formula is C12H14Cl2F3N3O. The molecule has 9 heteroatoms. The molecule has 0 aliphatic rings. The fourth-order valence-corrected chi connectivity index (χ4v) is 2.13. The van der Waals surface area contributed by atoms with Gasteiger partial charge in [0.2, 0.25) is 5.91 Å². The van der Waals surface area contributed by atoms with E-state index in [1.807, 2.05) is 0 Å². The van der Waals surface area contributed by atoms with Crippen LogP contribution < -0.4 is 11.1 Å². The number of alkyl halides is 3. The molecule has 0 saturated heterocycles. The molecule has 4 nitrogen and oxygen atoms in total. The van der Waals surface area contributed by atoms with Gasteiger partial charge in [-0.25, -0.2) is 0 Å². The Morgan fingerprint density at radius 1 is 1.33 bits per heavy atom. The van der Waals surface area contributed by atoms with E-state index in [9.17, 15) is 18.0 Å². The normalized spacial score (nSPS) is 11.8. The van der Waals surface area contributed by atoms with Crippen LogP contribution >= 0.6 is 23.2 Å². The van der Waals surface area contributed by atoms with Crippen LogP contribution in [0.5, 0.6) is 0 Å². The molecule has 0 aromatic heterocycles. The van der Waals surface area contributed by atoms with Crippen LogP contribution in [0.15, 0.2) is 12.1 Å². The molecule has 1 rings (SSSR count). The summed E-state index contributed by atoms with van der Waals surface area (Å²) in [4.78, 5) is 13.0. The Labute approximate surface area is 130 Å². The zero-order chi connectivity index (χ0) is 16.2. The van der Waals surface area contributed by atoms with Gasteiger partial charge in [-0.2, -0.15) is 13.2 Å². The maximum Gasteiger partial charge on any atom is 0.390 e. The average Bonchev–Trinajstić information content (AvgIpc) is 2.30. The Balaban J connectivity index is 2.58. The van der Waals surface area contributed by atoms with E-state index in [1.165, 1.54) is 24.1 Å². The van der Waals surface area contributed by atoms with Gasteiger partial charge in [0.15, 0.2) is 0 Å². The average molecular weight is 344 g/mol. The summed E-state index contributed by atoms with van der Waals surface area (Å²) in [6.45, 7) is -0.493. The molecule has 0 radical (unpaired) electrons. The number of hydrogen-bond acceptors (Lipinski definition) is 3. The molecule has 0 atom stereocenters. The second-order valence-corrected chi connectivity index (χ2v) is 5.33. The summed E-state index contributed by atoms with van der Waals surface area (Å²) in [5, 5.41) is 2.77. The van der Waals surface area contributed by atoms with E-state index in [1.54, 1.807) is 0 Å². The third-order valence-electron chi connectivity index (χ3n) is 2.52. The second kappa shape index (κ2) is 7.20. The minimum atomic E-state index is -4.26. The van der Waals surface area contributed by atoms with Crippen LogP contribution in [0.2, 0.25) is 10.0 Å². The first-order valence-corrected chi connectivity index (χ1v) is 6.64. The number of amides is 1. The molecule has 1 amide bonds. The first kappa shape index (κ1) is 17.9. The van der Waals surface area contributed by atoms with Crippen molar-refractivity contribution in [3.8, 4) is 0 Å². The van der Waals surface area contributed by atoms with E-state index in [2.05, 4.69) is 5.32 Å². The van der Waals surface area contributed by atoms with Crippen molar-refractivity contribution in [2.45, 2.75) is 12.6 Å². The first-order valence-electron chi connectivity index (χ1n) is 5.88. The number of nitrogens with two attached hydrogens (primary N) is 1. The Morgan fingerprint density at radius 3 is 2.33 bits per heavy atom. The van der Waals surface area contributed by atoms with Crippen LogP contribution in [0.1, 0.15) is 6.42 Å². The van der Waals surface area contributed by atoms with Crippen LogP contribution in [0.3, 0.4) is 0 Å². The highest BCUT2D eigenvalue weighted by atomic mass is 35.5. The zero-order valence-electron chi connectivity index (χ0n) is 11.1. The predicted octanol–water partition coefficient (Wildman–Crippen LogP) is 3.40. The quantitative estimate of drug-likeness (QED) is 0.805. The number of halogens is 5. The molecule has 0 heterocycles. The van der Waals surface area contributed by atoms with Crippen LogP contribution in [-0.2, 0) is 4.79 Å². The third-order valence-corrected chi connectivity index (χ3v) is 3.12. The van der Waals surface area contributed by atoms with Crippen LogP contribution in [0.4, 0.5) is 24.5 Å². The minimum absolute atomic E-state index is 0.159. The summed E-state index contributed by atoms with van der Waals surface area (Å²) >= 11 is 11.8. The standard InChI is InChI=1S/C12H14Cl2F3N3O/c1-20(3-2-12(15,16)17)6-10(21)19-11-8(13)4-7(18)5-9(11)14/h4-5H,2-3,6,18H2,1H3,(H,19,21). The Kier molecular flexibility index (Phi) is 6.12. The molecule has 1 aromatic carbocycles. The molecule has 0 saturated carbocycles. The minimum Gasteiger partial charge on any atom is -0.399 e. The molecule has 0 bridgehead atoms. The summed E-state index contributed by atoms with van der Waals surface area (Å²) in [6.07, 6.45) is -5.24. The van der Waals surface area contributed by atoms with Crippen molar-refractivity contribution >= 4 is 40.5 Å². The predicted molar refractivity (Wildman–Crippen MR) is 77.7 cm³/mol. The number of benzene rings is 1. The van der Waals surface area contributed by atoms with E-state index in [4.69, 9.17) is 28.9 Å². The number of carbonyl (C=O) groups excluding carboxylic acids is 1. The molecule has 3 N–H and O–H groups in total. The number of carbonyl (C=O) groups is 1. The van der Waals surface area contributed by atoms with Crippen LogP contribution in [0.25, 0.3) is 0 Å². The monoisotopic (exact) mass is 343 g/mol. The van der Waals surface area contributed by atoms with E-state index < -0.39 is 18.5 Å². The lowest BCUT2D eigenvalue weighted by molar-refractivity contribution is -0.138. The van der Waals surface area contributed by atoms with E-state index in [-0.39, 0.29) is 28.8 Å². The van der Waals surface area contributed by atoms with Crippen LogP contribution in [0, 0.1) is 0 Å². The summed E-state index contributed by atoms with van der Waals surface area (Å²) < 4.78 is 36.2. The highest BCUT2D eigenvalue weighted by Gasteiger charge is 2.27. The smallest absolute Gasteiger partial charge is 0.390 e. The van der Waals surface area contributed by atoms with Crippen molar-refractivity contribution in [3.05, 3.63) is 22.2 Å². The van der Waals surface area contributed by atoms with Crippen molar-refractivity contribution in [2.24, 2.45) is 0 Å². The van der Waals surface area contributed by atoms with Crippen molar-refractivity contribution in [1.29, 1.82) is 0 Å². The lowest BCUT2D eigenvalue weighted by Gasteiger charge is -2.18. The van der Waals surface area contributed by atoms with Crippen LogP contribution in [-0.4, -0.2) is 37.1 Å². The largest absolute Gasteiger partial charge is 0.399 e. The van der Waals surface area contributed by atoms with Gasteiger partial charge < -0.3 is 11.1 Å². The van der Waals surface area contributed by atoms with Gasteiger partial charge in [-0.3, -0.25) is 9.69 Å². The maximum atomic E-state index is 12.1. The highest BCUT2D eigenvalue weighted by molar-refractivity contribution is 6.40. The van der Waals surface area contributed by atoms with E-state index >= 15 is 0 Å². The molecule has 1 aromatic rings. The SMILES string of the molecule is CN(CCC(F)(F)F)CC(=O)Nc1c(Cl)cc(N)cc1Cl. The van der Waals surface area contributed by atoms with Gasteiger partial charge in [0, 0.05) is 12.2 Å². The zero-order valence-corrected chi connectivity index (χ0v) is 12.6. The lowest BCUT2D eigenvalue weighted by Crippen LogP contribution is -2.32. The molecule has 0 fully saturated rings. The van der Waals surface area contributed by atoms with Crippen molar-refractivity contribution in [2.75, 3.05) is 31.2 Å².